The van der Waals surface area contributed by atoms with Crippen molar-refractivity contribution in [1.29, 1.82) is 0 Å². The van der Waals surface area contributed by atoms with Crippen LogP contribution >= 0.6 is 0 Å². The van der Waals surface area contributed by atoms with Crippen molar-refractivity contribution < 1.29 is 14.4 Å². The molecule has 0 saturated heterocycles. The van der Waals surface area contributed by atoms with E-state index in [0.717, 1.165) is 24.8 Å². The Bertz CT molecular complexity index is 1110. The van der Waals surface area contributed by atoms with Crippen LogP contribution in [-0.4, -0.2) is 41.0 Å². The van der Waals surface area contributed by atoms with Gasteiger partial charge in [-0.05, 0) is 61.9 Å². The molecule has 7 heteroatoms. The van der Waals surface area contributed by atoms with E-state index >= 15 is 0 Å². The SMILES string of the molecule is CCCCc1ccc(N(C)C(=O)C(=O)c2cc(C)cnc2C2=NC(C)(C(C)C)C(=O)N2)cc1. The molecular formula is C26H32N4O3. The molecule has 174 valence electrons. The van der Waals surface area contributed by atoms with Crippen LogP contribution in [0.5, 0.6) is 0 Å². The number of benzene rings is 1. The van der Waals surface area contributed by atoms with Gasteiger partial charge in [-0.15, -0.1) is 0 Å². The molecule has 1 N–H and O–H groups in total. The molecule has 2 heterocycles. The predicted molar refractivity (Wildman–Crippen MR) is 130 cm³/mol. The average Bonchev–Trinajstić information content (AvgIpc) is 3.11. The monoisotopic (exact) mass is 448 g/mol. The number of ketones is 1. The molecule has 2 amide bonds. The van der Waals surface area contributed by atoms with Gasteiger partial charge >= 0.3 is 0 Å². The number of unbranched alkanes of at least 4 members (excludes halogenated alkanes) is 1. The van der Waals surface area contributed by atoms with Gasteiger partial charge in [0.15, 0.2) is 5.84 Å². The third-order valence-electron chi connectivity index (χ3n) is 6.29. The summed E-state index contributed by atoms with van der Waals surface area (Å²) in [5.74, 6) is -1.46. The maximum absolute atomic E-state index is 13.3. The van der Waals surface area contributed by atoms with E-state index in [2.05, 4.69) is 22.2 Å². The molecule has 0 bridgehead atoms. The van der Waals surface area contributed by atoms with Crippen molar-refractivity contribution in [3.05, 3.63) is 58.9 Å². The van der Waals surface area contributed by atoms with E-state index in [9.17, 15) is 14.4 Å². The number of carbonyl (C=O) groups is 3. The third kappa shape index (κ3) is 4.87. The normalized spacial score (nSPS) is 17.7. The first kappa shape index (κ1) is 24.3. The van der Waals surface area contributed by atoms with Gasteiger partial charge in [-0.25, -0.2) is 4.99 Å². The molecule has 2 aromatic rings. The summed E-state index contributed by atoms with van der Waals surface area (Å²) in [5, 5.41) is 2.75. The molecule has 1 aliphatic rings. The van der Waals surface area contributed by atoms with Crippen molar-refractivity contribution >= 4 is 29.1 Å². The number of nitrogens with zero attached hydrogens (tertiary/aromatic N) is 3. The number of nitrogens with one attached hydrogen (secondary N) is 1. The predicted octanol–water partition coefficient (Wildman–Crippen LogP) is 3.87. The Labute approximate surface area is 195 Å². The number of rotatable bonds is 8. The lowest BCUT2D eigenvalue weighted by Gasteiger charge is -2.21. The minimum Gasteiger partial charge on any atom is -0.309 e. The molecular weight excluding hydrogens is 416 g/mol. The number of anilines is 1. The number of amides is 2. The zero-order chi connectivity index (χ0) is 24.3. The summed E-state index contributed by atoms with van der Waals surface area (Å²) in [6.45, 7) is 9.51. The van der Waals surface area contributed by atoms with E-state index in [4.69, 9.17) is 0 Å². The number of hydrogen-bond donors (Lipinski definition) is 1. The van der Waals surface area contributed by atoms with Crippen LogP contribution in [0.25, 0.3) is 0 Å². The summed E-state index contributed by atoms with van der Waals surface area (Å²) in [7, 11) is 1.58. The molecule has 1 unspecified atom stereocenters. The number of Topliss-reactive ketones (excluding diaryl/α,β-unsaturated/α-hetero) is 1. The van der Waals surface area contributed by atoms with E-state index in [1.165, 1.54) is 10.5 Å². The highest BCUT2D eigenvalue weighted by atomic mass is 16.2. The minimum atomic E-state index is -0.956. The van der Waals surface area contributed by atoms with Gasteiger partial charge in [0.1, 0.15) is 11.2 Å². The van der Waals surface area contributed by atoms with Crippen LogP contribution in [0.1, 0.15) is 67.7 Å². The topological polar surface area (TPSA) is 91.7 Å². The minimum absolute atomic E-state index is 0.0485. The van der Waals surface area contributed by atoms with Gasteiger partial charge in [-0.3, -0.25) is 19.4 Å². The second-order valence-electron chi connectivity index (χ2n) is 9.09. The fourth-order valence-electron chi connectivity index (χ4n) is 3.63. The number of aryl methyl sites for hydroxylation is 2. The summed E-state index contributed by atoms with van der Waals surface area (Å²) < 4.78 is 0. The van der Waals surface area contributed by atoms with Crippen LogP contribution in [0.4, 0.5) is 5.69 Å². The lowest BCUT2D eigenvalue weighted by molar-refractivity contribution is -0.124. The smallest absolute Gasteiger partial charge is 0.299 e. The first-order chi connectivity index (χ1) is 15.6. The fraction of sp³-hybridized carbons (Fsp3) is 0.423. The van der Waals surface area contributed by atoms with E-state index < -0.39 is 17.2 Å². The van der Waals surface area contributed by atoms with E-state index in [-0.39, 0.29) is 28.9 Å². The zero-order valence-electron chi connectivity index (χ0n) is 20.2. The second kappa shape index (κ2) is 9.65. The van der Waals surface area contributed by atoms with Crippen molar-refractivity contribution in [2.24, 2.45) is 10.9 Å². The number of pyridine rings is 1. The second-order valence-corrected chi connectivity index (χ2v) is 9.09. The summed E-state index contributed by atoms with van der Waals surface area (Å²) in [6.07, 6.45) is 4.79. The highest BCUT2D eigenvalue weighted by Crippen LogP contribution is 2.27. The maximum Gasteiger partial charge on any atom is 0.299 e. The van der Waals surface area contributed by atoms with Crippen molar-refractivity contribution in [2.45, 2.75) is 59.4 Å². The molecule has 0 radical (unpaired) electrons. The van der Waals surface area contributed by atoms with Gasteiger partial charge in [0.25, 0.3) is 17.6 Å². The molecule has 3 rings (SSSR count). The van der Waals surface area contributed by atoms with Crippen LogP contribution in [-0.2, 0) is 16.0 Å². The van der Waals surface area contributed by atoms with Gasteiger partial charge in [-0.1, -0.05) is 39.3 Å². The highest BCUT2D eigenvalue weighted by molar-refractivity contribution is 6.48. The number of aromatic nitrogens is 1. The average molecular weight is 449 g/mol. The lowest BCUT2D eigenvalue weighted by Crippen LogP contribution is -2.41. The molecule has 1 aliphatic heterocycles. The quantitative estimate of drug-likeness (QED) is 0.490. The van der Waals surface area contributed by atoms with Crippen molar-refractivity contribution in [3.63, 3.8) is 0 Å². The van der Waals surface area contributed by atoms with Crippen LogP contribution in [0, 0.1) is 12.8 Å². The zero-order valence-corrected chi connectivity index (χ0v) is 20.2. The van der Waals surface area contributed by atoms with Crippen molar-refractivity contribution in [2.75, 3.05) is 11.9 Å². The molecule has 0 fully saturated rings. The van der Waals surface area contributed by atoms with E-state index in [1.807, 2.05) is 38.1 Å². The summed E-state index contributed by atoms with van der Waals surface area (Å²) >= 11 is 0. The van der Waals surface area contributed by atoms with Crippen LogP contribution in [0.15, 0.2) is 41.5 Å². The molecule has 0 saturated carbocycles. The molecule has 0 aliphatic carbocycles. The van der Waals surface area contributed by atoms with Crippen LogP contribution < -0.4 is 10.2 Å². The Kier molecular flexibility index (Phi) is 7.10. The first-order valence-corrected chi connectivity index (χ1v) is 11.4. The Hall–Kier alpha value is -3.35. The summed E-state index contributed by atoms with van der Waals surface area (Å²) in [5.41, 5.74) is 1.94. The van der Waals surface area contributed by atoms with Gasteiger partial charge in [-0.2, -0.15) is 0 Å². The number of hydrogen-bond acceptors (Lipinski definition) is 5. The van der Waals surface area contributed by atoms with Gasteiger partial charge in [0.2, 0.25) is 0 Å². The van der Waals surface area contributed by atoms with Gasteiger partial charge < -0.3 is 10.2 Å². The lowest BCUT2D eigenvalue weighted by atomic mass is 9.89. The van der Waals surface area contributed by atoms with Crippen molar-refractivity contribution in [3.8, 4) is 0 Å². The van der Waals surface area contributed by atoms with Crippen molar-refractivity contribution in [1.82, 2.24) is 10.3 Å². The fourth-order valence-corrected chi connectivity index (χ4v) is 3.63. The Morgan fingerprint density at radius 3 is 2.42 bits per heavy atom. The maximum atomic E-state index is 13.3. The van der Waals surface area contributed by atoms with E-state index in [0.29, 0.717) is 5.69 Å². The van der Waals surface area contributed by atoms with Gasteiger partial charge in [0.05, 0.1) is 5.56 Å². The van der Waals surface area contributed by atoms with Gasteiger partial charge in [0, 0.05) is 18.9 Å². The third-order valence-corrected chi connectivity index (χ3v) is 6.29. The molecule has 0 spiro atoms. The van der Waals surface area contributed by atoms with Crippen LogP contribution in [0.2, 0.25) is 0 Å². The Morgan fingerprint density at radius 2 is 1.85 bits per heavy atom. The molecule has 33 heavy (non-hydrogen) atoms. The summed E-state index contributed by atoms with van der Waals surface area (Å²) in [6, 6.07) is 9.27. The molecule has 1 aromatic heterocycles. The Balaban J connectivity index is 1.90. The standard InChI is InChI=1S/C26H32N4O3/c1-7-8-9-18-10-12-19(13-11-18)30(6)24(32)22(31)20-14-17(4)15-27-21(20)23-28-25(33)26(5,29-23)16(2)3/h10-16H,7-9H2,1-6H3,(H,28,29,33). The first-order valence-electron chi connectivity index (χ1n) is 11.4. The molecule has 1 aromatic carbocycles. The number of carbonyl (C=O) groups excluding carboxylic acids is 3. The molecule has 1 atom stereocenters. The highest BCUT2D eigenvalue weighted by Gasteiger charge is 2.43. The number of likely N-dealkylation sites (N-methyl/N-ethyl adjacent to an activating group) is 1. The largest absolute Gasteiger partial charge is 0.309 e. The van der Waals surface area contributed by atoms with Crippen LogP contribution in [0.3, 0.4) is 0 Å². The summed E-state index contributed by atoms with van der Waals surface area (Å²) in [4.78, 5) is 49.2. The number of amidine groups is 1. The van der Waals surface area contributed by atoms with E-state index in [1.54, 1.807) is 33.2 Å². The Morgan fingerprint density at radius 1 is 1.18 bits per heavy atom. The number of aliphatic imine (C=N–C) groups is 1. The molecule has 7 nitrogen and oxygen atoms in total.